The molecule has 148 valence electrons. The molecule has 1 amide bonds. The lowest BCUT2D eigenvalue weighted by Crippen LogP contribution is -2.41. The van der Waals surface area contributed by atoms with E-state index in [0.29, 0.717) is 17.2 Å². The number of rotatable bonds is 3. The molecular weight excluding hydrogens is 355 g/mol. The molecule has 1 spiro atoms. The number of benzene rings is 1. The average molecular weight is 382 g/mol. The zero-order valence-corrected chi connectivity index (χ0v) is 16.1. The van der Waals surface area contributed by atoms with Gasteiger partial charge in [0, 0.05) is 36.2 Å². The van der Waals surface area contributed by atoms with E-state index in [2.05, 4.69) is 20.4 Å². The fourth-order valence-electron chi connectivity index (χ4n) is 5.28. The highest BCUT2D eigenvalue weighted by Crippen LogP contribution is 2.59. The molecular formula is C22H27FN4O. The Hall–Kier alpha value is -2.21. The molecule has 0 unspecified atom stereocenters. The summed E-state index contributed by atoms with van der Waals surface area (Å²) in [7, 11) is 0. The van der Waals surface area contributed by atoms with Crippen molar-refractivity contribution in [1.29, 1.82) is 0 Å². The van der Waals surface area contributed by atoms with Gasteiger partial charge in [0.1, 0.15) is 5.82 Å². The summed E-state index contributed by atoms with van der Waals surface area (Å²) in [6.07, 6.45) is 7.01. The maximum Gasteiger partial charge on any atom is 0.226 e. The third-order valence-corrected chi connectivity index (χ3v) is 7.11. The molecule has 5 rings (SSSR count). The number of hydrogen-bond donors (Lipinski definition) is 2. The summed E-state index contributed by atoms with van der Waals surface area (Å²) >= 11 is 0. The van der Waals surface area contributed by atoms with E-state index in [4.69, 9.17) is 0 Å². The molecule has 0 bridgehead atoms. The van der Waals surface area contributed by atoms with Crippen molar-refractivity contribution in [3.05, 3.63) is 42.0 Å². The summed E-state index contributed by atoms with van der Waals surface area (Å²) in [5, 5.41) is 10.8. The second kappa shape index (κ2) is 6.99. The number of carbonyl (C=O) groups excluding carboxylic acids is 1. The topological polar surface area (TPSA) is 61.0 Å². The molecule has 2 aliphatic heterocycles. The molecule has 1 saturated carbocycles. The highest BCUT2D eigenvalue weighted by Gasteiger charge is 2.58. The van der Waals surface area contributed by atoms with E-state index in [1.54, 1.807) is 18.3 Å². The van der Waals surface area contributed by atoms with Crippen LogP contribution in [-0.2, 0) is 4.79 Å². The van der Waals surface area contributed by atoms with Crippen LogP contribution < -0.4 is 5.32 Å². The molecule has 2 aromatic rings. The van der Waals surface area contributed by atoms with Gasteiger partial charge in [0.05, 0.1) is 6.20 Å². The first kappa shape index (κ1) is 17.9. The minimum Gasteiger partial charge on any atom is -0.342 e. The van der Waals surface area contributed by atoms with E-state index < -0.39 is 0 Å². The van der Waals surface area contributed by atoms with Crippen LogP contribution in [0.4, 0.5) is 4.39 Å². The number of halogens is 1. The number of H-pyrrole nitrogens is 1. The number of carbonyl (C=O) groups is 1. The van der Waals surface area contributed by atoms with Crippen LogP contribution in [0.1, 0.15) is 43.7 Å². The van der Waals surface area contributed by atoms with Crippen molar-refractivity contribution in [2.45, 2.75) is 38.0 Å². The zero-order valence-electron chi connectivity index (χ0n) is 16.1. The van der Waals surface area contributed by atoms with Crippen LogP contribution in [0.25, 0.3) is 11.1 Å². The van der Waals surface area contributed by atoms with Gasteiger partial charge in [-0.15, -0.1) is 0 Å². The molecule has 1 atom stereocenters. The van der Waals surface area contributed by atoms with Crippen molar-refractivity contribution < 1.29 is 9.18 Å². The first-order valence-electron chi connectivity index (χ1n) is 10.4. The van der Waals surface area contributed by atoms with Crippen molar-refractivity contribution in [1.82, 2.24) is 20.4 Å². The predicted molar refractivity (Wildman–Crippen MR) is 105 cm³/mol. The smallest absolute Gasteiger partial charge is 0.226 e. The fourth-order valence-corrected chi connectivity index (χ4v) is 5.28. The largest absolute Gasteiger partial charge is 0.342 e. The zero-order chi connectivity index (χ0) is 19.1. The van der Waals surface area contributed by atoms with Crippen LogP contribution in [-0.4, -0.2) is 47.2 Å². The minimum absolute atomic E-state index is 0.235. The maximum atomic E-state index is 13.6. The lowest BCUT2D eigenvalue weighted by atomic mass is 9.88. The van der Waals surface area contributed by atoms with Crippen LogP contribution >= 0.6 is 0 Å². The Morgan fingerprint density at radius 1 is 1.21 bits per heavy atom. The second-order valence-electron chi connectivity index (χ2n) is 8.68. The summed E-state index contributed by atoms with van der Waals surface area (Å²) in [6.45, 7) is 3.70. The number of amides is 1. The summed E-state index contributed by atoms with van der Waals surface area (Å²) in [5.41, 5.74) is 3.19. The van der Waals surface area contributed by atoms with Crippen molar-refractivity contribution in [2.75, 3.05) is 26.2 Å². The molecule has 1 aromatic heterocycles. The number of nitrogens with zero attached hydrogens (tertiary/aromatic N) is 2. The summed E-state index contributed by atoms with van der Waals surface area (Å²) in [5.74, 6) is 0.717. The van der Waals surface area contributed by atoms with Crippen molar-refractivity contribution >= 4 is 5.91 Å². The average Bonchev–Trinajstić information content (AvgIpc) is 3.19. The van der Waals surface area contributed by atoms with Crippen LogP contribution in [0.15, 0.2) is 30.5 Å². The summed E-state index contributed by atoms with van der Waals surface area (Å²) < 4.78 is 13.6. The molecule has 3 fully saturated rings. The Kier molecular flexibility index (Phi) is 4.46. The quantitative estimate of drug-likeness (QED) is 0.856. The Morgan fingerprint density at radius 2 is 2.00 bits per heavy atom. The van der Waals surface area contributed by atoms with Gasteiger partial charge < -0.3 is 10.2 Å². The number of piperidine rings is 2. The van der Waals surface area contributed by atoms with E-state index >= 15 is 0 Å². The van der Waals surface area contributed by atoms with Crippen molar-refractivity contribution in [2.24, 2.45) is 11.3 Å². The molecule has 3 heterocycles. The van der Waals surface area contributed by atoms with Gasteiger partial charge in [0.25, 0.3) is 0 Å². The van der Waals surface area contributed by atoms with Crippen LogP contribution in [0, 0.1) is 17.2 Å². The third-order valence-electron chi connectivity index (χ3n) is 7.11. The highest BCUT2D eigenvalue weighted by atomic mass is 19.1. The number of nitrogens with one attached hydrogen (secondary N) is 2. The number of aromatic amines is 1. The molecule has 28 heavy (non-hydrogen) atoms. The van der Waals surface area contributed by atoms with Crippen molar-refractivity contribution in [3.63, 3.8) is 0 Å². The minimum atomic E-state index is -0.235. The molecule has 2 saturated heterocycles. The molecule has 2 N–H and O–H groups in total. The fraction of sp³-hybridized carbons (Fsp3) is 0.545. The molecule has 1 aromatic carbocycles. The number of aromatic nitrogens is 2. The molecule has 0 radical (unpaired) electrons. The Bertz CT molecular complexity index is 865. The van der Waals surface area contributed by atoms with Gasteiger partial charge in [-0.2, -0.15) is 5.10 Å². The van der Waals surface area contributed by atoms with Gasteiger partial charge in [-0.1, -0.05) is 12.1 Å². The summed E-state index contributed by atoms with van der Waals surface area (Å²) in [4.78, 5) is 15.1. The second-order valence-corrected chi connectivity index (χ2v) is 8.68. The third kappa shape index (κ3) is 3.13. The van der Waals surface area contributed by atoms with Gasteiger partial charge in [-0.25, -0.2) is 4.39 Å². The van der Waals surface area contributed by atoms with E-state index in [0.717, 1.165) is 75.1 Å². The lowest BCUT2D eigenvalue weighted by molar-refractivity contribution is -0.134. The van der Waals surface area contributed by atoms with Crippen LogP contribution in [0.5, 0.6) is 0 Å². The predicted octanol–water partition coefficient (Wildman–Crippen LogP) is 3.31. The SMILES string of the molecule is O=C([C@H]1CC12CCNCC2)N1CCC(c2[nH]ncc2-c2cccc(F)c2)CC1. The van der Waals surface area contributed by atoms with Crippen molar-refractivity contribution in [3.8, 4) is 11.1 Å². The maximum absolute atomic E-state index is 13.6. The standard InChI is InChI=1S/C22H27FN4O/c23-17-3-1-2-16(12-17)18-14-25-26-20(18)15-4-10-27(11-5-15)21(28)19-13-22(19)6-8-24-9-7-22/h1-3,12,14-15,19,24H,4-11,13H2,(H,25,26)/t19-/m1/s1. The number of hydrogen-bond acceptors (Lipinski definition) is 3. The molecule has 6 heteroatoms. The van der Waals surface area contributed by atoms with Gasteiger partial charge >= 0.3 is 0 Å². The normalized spacial score (nSPS) is 24.5. The highest BCUT2D eigenvalue weighted by molar-refractivity contribution is 5.83. The first-order chi connectivity index (χ1) is 13.7. The van der Waals surface area contributed by atoms with E-state index in [9.17, 15) is 9.18 Å². The molecule has 1 aliphatic carbocycles. The first-order valence-corrected chi connectivity index (χ1v) is 10.4. The Balaban J connectivity index is 1.24. The van der Waals surface area contributed by atoms with Crippen LogP contribution in [0.3, 0.4) is 0 Å². The van der Waals surface area contributed by atoms with Gasteiger partial charge in [0.2, 0.25) is 5.91 Å². The van der Waals surface area contributed by atoms with E-state index in [1.165, 1.54) is 6.07 Å². The number of likely N-dealkylation sites (tertiary alicyclic amines) is 1. The molecule has 5 nitrogen and oxygen atoms in total. The molecule has 3 aliphatic rings. The Labute approximate surface area is 164 Å². The van der Waals surface area contributed by atoms with E-state index in [-0.39, 0.29) is 11.7 Å². The van der Waals surface area contributed by atoms with Gasteiger partial charge in [-0.05, 0) is 68.3 Å². The monoisotopic (exact) mass is 382 g/mol. The van der Waals surface area contributed by atoms with Crippen LogP contribution in [0.2, 0.25) is 0 Å². The summed E-state index contributed by atoms with van der Waals surface area (Å²) in [6, 6.07) is 6.66. The van der Waals surface area contributed by atoms with Gasteiger partial charge in [0.15, 0.2) is 0 Å². The Morgan fingerprint density at radius 3 is 2.75 bits per heavy atom. The van der Waals surface area contributed by atoms with Gasteiger partial charge in [-0.3, -0.25) is 9.89 Å². The lowest BCUT2D eigenvalue weighted by Gasteiger charge is -2.33. The van der Waals surface area contributed by atoms with E-state index in [1.807, 2.05) is 6.07 Å².